The fourth-order valence-corrected chi connectivity index (χ4v) is 6.85. The first kappa shape index (κ1) is 18.6. The van der Waals surface area contributed by atoms with Crippen LogP contribution in [0.3, 0.4) is 0 Å². The van der Waals surface area contributed by atoms with Crippen molar-refractivity contribution < 1.29 is 29.3 Å². The molecule has 0 aromatic heterocycles. The van der Waals surface area contributed by atoms with Crippen LogP contribution in [0.4, 0.5) is 0 Å². The molecule has 2 unspecified atom stereocenters. The third-order valence-electron chi connectivity index (χ3n) is 8.19. The Labute approximate surface area is 175 Å². The van der Waals surface area contributed by atoms with Crippen LogP contribution in [-0.4, -0.2) is 64.3 Å². The number of Topliss-reactive ketones (excluding diaryl/α,β-unsaturated/α-hetero) is 1. The Bertz CT molecular complexity index is 942. The van der Waals surface area contributed by atoms with E-state index in [1.807, 2.05) is 6.07 Å². The van der Waals surface area contributed by atoms with Gasteiger partial charge in [0.1, 0.15) is 0 Å². The second-order valence-electron chi connectivity index (χ2n) is 9.67. The molecule has 2 bridgehead atoms. The van der Waals surface area contributed by atoms with Crippen molar-refractivity contribution in [1.82, 2.24) is 4.90 Å². The summed E-state index contributed by atoms with van der Waals surface area (Å²) < 4.78 is 12.8. The van der Waals surface area contributed by atoms with E-state index in [0.29, 0.717) is 18.6 Å². The molecule has 160 valence electrons. The van der Waals surface area contributed by atoms with Crippen molar-refractivity contribution >= 4 is 11.8 Å². The number of hydrogen-bond donors (Lipinski definition) is 2. The quantitative estimate of drug-likeness (QED) is 0.737. The molecule has 1 spiro atoms. The lowest BCUT2D eigenvalue weighted by atomic mass is 9.48. The molecule has 2 heterocycles. The number of carbonyl (C=O) groups is 2. The standard InChI is InChI=1S/C23H27NO6/c25-15-4-3-14-11-17-23(29-10-6-18(27)28)7-5-16(26)21-22(23,19(14)20(15)30-21)8-9-24(17)12-13-1-2-13/h3-4,13,17,21,25H,1-2,5-12H2,(H,27,28)/t17-,21?,22+,23?/m1/s1. The number of ether oxygens (including phenoxy) is 2. The van der Waals surface area contributed by atoms with Gasteiger partial charge < -0.3 is 19.7 Å². The van der Waals surface area contributed by atoms with Crippen LogP contribution in [0, 0.1) is 5.92 Å². The van der Waals surface area contributed by atoms with E-state index in [-0.39, 0.29) is 30.6 Å². The molecule has 2 aliphatic heterocycles. The van der Waals surface area contributed by atoms with Gasteiger partial charge in [-0.25, -0.2) is 0 Å². The number of carboxylic acids is 1. The van der Waals surface area contributed by atoms with Crippen molar-refractivity contribution in [2.24, 2.45) is 5.92 Å². The van der Waals surface area contributed by atoms with Crippen LogP contribution < -0.4 is 4.74 Å². The maximum Gasteiger partial charge on any atom is 0.305 e. The Morgan fingerprint density at radius 3 is 2.90 bits per heavy atom. The number of aromatic hydroxyl groups is 1. The van der Waals surface area contributed by atoms with Crippen molar-refractivity contribution in [3.05, 3.63) is 23.3 Å². The summed E-state index contributed by atoms with van der Waals surface area (Å²) in [4.78, 5) is 26.8. The predicted molar refractivity (Wildman–Crippen MR) is 106 cm³/mol. The smallest absolute Gasteiger partial charge is 0.305 e. The third kappa shape index (κ3) is 2.28. The first-order chi connectivity index (χ1) is 14.5. The Morgan fingerprint density at radius 2 is 2.13 bits per heavy atom. The van der Waals surface area contributed by atoms with E-state index in [9.17, 15) is 19.8 Å². The average Bonchev–Trinajstić information content (AvgIpc) is 3.45. The first-order valence-corrected chi connectivity index (χ1v) is 11.1. The number of hydrogen-bond acceptors (Lipinski definition) is 6. The Morgan fingerprint density at radius 1 is 1.30 bits per heavy atom. The summed E-state index contributed by atoms with van der Waals surface area (Å²) in [5, 5.41) is 19.8. The van der Waals surface area contributed by atoms with Crippen LogP contribution in [0.1, 0.15) is 49.7 Å². The molecule has 7 heteroatoms. The number of rotatable bonds is 6. The van der Waals surface area contributed by atoms with Gasteiger partial charge >= 0.3 is 5.97 Å². The summed E-state index contributed by atoms with van der Waals surface area (Å²) in [6, 6.07) is 3.73. The minimum absolute atomic E-state index is 0.0605. The maximum atomic E-state index is 13.1. The molecular formula is C23H27NO6. The first-order valence-electron chi connectivity index (χ1n) is 11.1. The number of phenols is 1. The highest BCUT2D eigenvalue weighted by Crippen LogP contribution is 2.66. The molecule has 4 atom stereocenters. The highest BCUT2D eigenvalue weighted by molar-refractivity contribution is 5.90. The molecule has 2 N–H and O–H groups in total. The van der Waals surface area contributed by atoms with Crippen molar-refractivity contribution in [1.29, 1.82) is 0 Å². The molecule has 2 saturated carbocycles. The lowest BCUT2D eigenvalue weighted by molar-refractivity contribution is -0.214. The lowest BCUT2D eigenvalue weighted by Gasteiger charge is -2.64. The molecule has 7 nitrogen and oxygen atoms in total. The van der Waals surface area contributed by atoms with Gasteiger partial charge in [-0.2, -0.15) is 0 Å². The summed E-state index contributed by atoms with van der Waals surface area (Å²) >= 11 is 0. The normalized spacial score (nSPS) is 36.3. The third-order valence-corrected chi connectivity index (χ3v) is 8.19. The van der Waals surface area contributed by atoms with Gasteiger partial charge in [-0.05, 0) is 56.2 Å². The van der Waals surface area contributed by atoms with Crippen molar-refractivity contribution in [2.75, 3.05) is 19.7 Å². The van der Waals surface area contributed by atoms with Gasteiger partial charge in [0.15, 0.2) is 23.4 Å². The van der Waals surface area contributed by atoms with Crippen LogP contribution in [0.2, 0.25) is 0 Å². The molecule has 6 rings (SSSR count). The highest BCUT2D eigenvalue weighted by atomic mass is 16.5. The number of phenolic OH excluding ortho intramolecular Hbond substituents is 1. The number of ketones is 1. The molecule has 0 amide bonds. The molecule has 1 aromatic rings. The van der Waals surface area contributed by atoms with Crippen LogP contribution in [0.5, 0.6) is 11.5 Å². The SMILES string of the molecule is O=C(O)CCOC12CCC(=O)C3Oc4c(O)ccc5c4[C@@]31CCN(CC1CC1)[C@@H]2C5. The summed E-state index contributed by atoms with van der Waals surface area (Å²) in [5.41, 5.74) is 0.758. The number of carbonyl (C=O) groups excluding carboxylic acids is 1. The summed E-state index contributed by atoms with van der Waals surface area (Å²) in [6.07, 6.45) is 4.23. The van der Waals surface area contributed by atoms with Gasteiger partial charge in [0, 0.05) is 24.6 Å². The van der Waals surface area contributed by atoms with E-state index in [0.717, 1.165) is 43.0 Å². The Balaban J connectivity index is 1.52. The number of benzene rings is 1. The van der Waals surface area contributed by atoms with E-state index >= 15 is 0 Å². The monoisotopic (exact) mass is 413 g/mol. The summed E-state index contributed by atoms with van der Waals surface area (Å²) in [6.45, 7) is 2.02. The predicted octanol–water partition coefficient (Wildman–Crippen LogP) is 2.02. The largest absolute Gasteiger partial charge is 0.504 e. The number of carboxylic acid groups (broad SMARTS) is 1. The zero-order valence-electron chi connectivity index (χ0n) is 16.9. The van der Waals surface area contributed by atoms with Crippen LogP contribution in [0.25, 0.3) is 0 Å². The van der Waals surface area contributed by atoms with E-state index in [1.54, 1.807) is 6.07 Å². The fraction of sp³-hybridized carbons (Fsp3) is 0.652. The van der Waals surface area contributed by atoms with Crippen molar-refractivity contribution in [3.63, 3.8) is 0 Å². The zero-order valence-corrected chi connectivity index (χ0v) is 16.9. The number of nitrogens with zero attached hydrogens (tertiary/aromatic N) is 1. The highest BCUT2D eigenvalue weighted by Gasteiger charge is 2.74. The maximum absolute atomic E-state index is 13.1. The van der Waals surface area contributed by atoms with E-state index < -0.39 is 23.1 Å². The van der Waals surface area contributed by atoms with Gasteiger partial charge in [-0.3, -0.25) is 14.5 Å². The Kier molecular flexibility index (Phi) is 3.85. The molecule has 3 fully saturated rings. The summed E-state index contributed by atoms with van der Waals surface area (Å²) in [7, 11) is 0. The van der Waals surface area contributed by atoms with E-state index in [4.69, 9.17) is 9.47 Å². The fourth-order valence-electron chi connectivity index (χ4n) is 6.85. The van der Waals surface area contributed by atoms with E-state index in [2.05, 4.69) is 4.90 Å². The zero-order chi connectivity index (χ0) is 20.7. The molecule has 30 heavy (non-hydrogen) atoms. The summed E-state index contributed by atoms with van der Waals surface area (Å²) in [5.74, 6) is 0.416. The van der Waals surface area contributed by atoms with Crippen LogP contribution in [0.15, 0.2) is 12.1 Å². The van der Waals surface area contributed by atoms with Gasteiger partial charge in [0.05, 0.1) is 24.0 Å². The van der Waals surface area contributed by atoms with Gasteiger partial charge in [-0.1, -0.05) is 6.07 Å². The molecule has 3 aliphatic carbocycles. The van der Waals surface area contributed by atoms with Crippen LogP contribution in [-0.2, 0) is 26.2 Å². The minimum Gasteiger partial charge on any atom is -0.504 e. The average molecular weight is 413 g/mol. The van der Waals surface area contributed by atoms with Crippen molar-refractivity contribution in [2.45, 2.75) is 68.1 Å². The number of piperidine rings is 1. The second kappa shape index (κ2) is 6.20. The molecule has 5 aliphatic rings. The van der Waals surface area contributed by atoms with Crippen molar-refractivity contribution in [3.8, 4) is 11.5 Å². The van der Waals surface area contributed by atoms with Gasteiger partial charge in [0.25, 0.3) is 0 Å². The van der Waals surface area contributed by atoms with Gasteiger partial charge in [0.2, 0.25) is 0 Å². The Hall–Kier alpha value is -2.12. The molecule has 1 saturated heterocycles. The topological polar surface area (TPSA) is 96.3 Å². The number of likely N-dealkylation sites (tertiary alicyclic amines) is 1. The lowest BCUT2D eigenvalue weighted by Crippen LogP contribution is -2.77. The van der Waals surface area contributed by atoms with Gasteiger partial charge in [-0.15, -0.1) is 0 Å². The molecular weight excluding hydrogens is 386 g/mol. The van der Waals surface area contributed by atoms with Crippen LogP contribution >= 0.6 is 0 Å². The minimum atomic E-state index is -0.885. The molecule has 1 aromatic carbocycles. The molecule has 0 radical (unpaired) electrons. The second-order valence-corrected chi connectivity index (χ2v) is 9.67. The van der Waals surface area contributed by atoms with E-state index in [1.165, 1.54) is 12.8 Å². The number of aliphatic carboxylic acids is 1.